The highest BCUT2D eigenvalue weighted by Crippen LogP contribution is 2.24. The van der Waals surface area contributed by atoms with Crippen LogP contribution in [0.2, 0.25) is 0 Å². The van der Waals surface area contributed by atoms with Gasteiger partial charge < -0.3 is 10.2 Å². The molecular formula is C16H31N5. The van der Waals surface area contributed by atoms with Gasteiger partial charge in [-0.1, -0.05) is 13.8 Å². The summed E-state index contributed by atoms with van der Waals surface area (Å²) in [6, 6.07) is 1.14. The third-order valence-electron chi connectivity index (χ3n) is 4.34. The maximum atomic E-state index is 4.64. The summed E-state index contributed by atoms with van der Waals surface area (Å²) in [6.07, 6.45) is 0. The predicted octanol–water partition coefficient (Wildman–Crippen LogP) is 1.76. The summed E-state index contributed by atoms with van der Waals surface area (Å²) in [5, 5.41) is 8.17. The van der Waals surface area contributed by atoms with Gasteiger partial charge in [-0.15, -0.1) is 0 Å². The molecule has 5 nitrogen and oxygen atoms in total. The van der Waals surface area contributed by atoms with Crippen molar-refractivity contribution in [2.45, 2.75) is 53.2 Å². The molecule has 0 unspecified atom stereocenters. The van der Waals surface area contributed by atoms with Crippen molar-refractivity contribution >= 4 is 5.82 Å². The molecule has 21 heavy (non-hydrogen) atoms. The fourth-order valence-corrected chi connectivity index (χ4v) is 3.05. The van der Waals surface area contributed by atoms with E-state index < -0.39 is 0 Å². The van der Waals surface area contributed by atoms with Crippen LogP contribution in [0, 0.1) is 6.92 Å². The van der Waals surface area contributed by atoms with Gasteiger partial charge in [0, 0.05) is 57.4 Å². The predicted molar refractivity (Wildman–Crippen MR) is 88.8 cm³/mol. The Balaban J connectivity index is 2.12. The molecule has 120 valence electrons. The number of aryl methyl sites for hydroxylation is 2. The van der Waals surface area contributed by atoms with Crippen LogP contribution < -0.4 is 10.2 Å². The number of nitrogens with one attached hydrogen (secondary N) is 1. The molecule has 1 N–H and O–H groups in total. The first-order valence-corrected chi connectivity index (χ1v) is 8.15. The Kier molecular flexibility index (Phi) is 5.27. The summed E-state index contributed by atoms with van der Waals surface area (Å²) in [7, 11) is 2.07. The van der Waals surface area contributed by atoms with Crippen LogP contribution in [0.15, 0.2) is 0 Å². The highest BCUT2D eigenvalue weighted by Gasteiger charge is 2.24. The molecule has 1 saturated heterocycles. The van der Waals surface area contributed by atoms with Gasteiger partial charge in [0.05, 0.1) is 5.69 Å². The standard InChI is InChI=1S/C16H31N5/c1-12(2)17-11-15-14(5)18-19(6)16(15)21-9-7-20(8-10-21)13(3)4/h12-13,17H,7-11H2,1-6H3. The summed E-state index contributed by atoms with van der Waals surface area (Å²) < 4.78 is 2.05. The summed E-state index contributed by atoms with van der Waals surface area (Å²) >= 11 is 0. The van der Waals surface area contributed by atoms with Crippen LogP contribution in [0.5, 0.6) is 0 Å². The zero-order valence-electron chi connectivity index (χ0n) is 14.5. The molecule has 0 aromatic carbocycles. The molecule has 0 spiro atoms. The lowest BCUT2D eigenvalue weighted by Crippen LogP contribution is -2.49. The Labute approximate surface area is 129 Å². The molecule has 0 amide bonds. The number of aromatic nitrogens is 2. The van der Waals surface area contributed by atoms with E-state index in [1.807, 2.05) is 0 Å². The molecule has 1 aliphatic heterocycles. The second-order valence-corrected chi connectivity index (χ2v) is 6.66. The number of hydrogen-bond donors (Lipinski definition) is 1. The topological polar surface area (TPSA) is 36.3 Å². The SMILES string of the molecule is Cc1nn(C)c(N2CCN(C(C)C)CC2)c1CNC(C)C. The first kappa shape index (κ1) is 16.3. The van der Waals surface area contributed by atoms with Gasteiger partial charge in [0.1, 0.15) is 5.82 Å². The lowest BCUT2D eigenvalue weighted by atomic mass is 10.2. The fraction of sp³-hybridized carbons (Fsp3) is 0.812. The molecule has 5 heteroatoms. The van der Waals surface area contributed by atoms with E-state index in [1.54, 1.807) is 0 Å². The zero-order chi connectivity index (χ0) is 15.6. The quantitative estimate of drug-likeness (QED) is 0.897. The smallest absolute Gasteiger partial charge is 0.131 e. The van der Waals surface area contributed by atoms with Crippen molar-refractivity contribution in [2.24, 2.45) is 7.05 Å². The lowest BCUT2D eigenvalue weighted by molar-refractivity contribution is 0.208. The molecule has 2 heterocycles. The maximum absolute atomic E-state index is 4.64. The Bertz CT molecular complexity index is 455. The Hall–Kier alpha value is -1.07. The summed E-state index contributed by atoms with van der Waals surface area (Å²) in [5.74, 6) is 1.30. The lowest BCUT2D eigenvalue weighted by Gasteiger charge is -2.38. The van der Waals surface area contributed by atoms with Gasteiger partial charge in [0.25, 0.3) is 0 Å². The van der Waals surface area contributed by atoms with E-state index in [4.69, 9.17) is 0 Å². The van der Waals surface area contributed by atoms with Gasteiger partial charge in [-0.2, -0.15) is 5.10 Å². The maximum Gasteiger partial charge on any atom is 0.131 e. The van der Waals surface area contributed by atoms with Crippen LogP contribution in [-0.2, 0) is 13.6 Å². The summed E-state index contributed by atoms with van der Waals surface area (Å²) in [4.78, 5) is 5.04. The third kappa shape index (κ3) is 3.77. The molecule has 1 aliphatic rings. The van der Waals surface area contributed by atoms with Gasteiger partial charge in [-0.25, -0.2) is 0 Å². The van der Waals surface area contributed by atoms with E-state index in [0.717, 1.165) is 38.4 Å². The van der Waals surface area contributed by atoms with E-state index in [-0.39, 0.29) is 0 Å². The number of nitrogens with zero attached hydrogens (tertiary/aromatic N) is 4. The van der Waals surface area contributed by atoms with Crippen LogP contribution in [-0.4, -0.2) is 52.9 Å². The van der Waals surface area contributed by atoms with Crippen molar-refractivity contribution in [3.8, 4) is 0 Å². The van der Waals surface area contributed by atoms with Crippen molar-refractivity contribution in [3.05, 3.63) is 11.3 Å². The largest absolute Gasteiger partial charge is 0.354 e. The van der Waals surface area contributed by atoms with Gasteiger partial charge in [0.2, 0.25) is 0 Å². The van der Waals surface area contributed by atoms with Crippen LogP contribution >= 0.6 is 0 Å². The Morgan fingerprint density at radius 3 is 2.24 bits per heavy atom. The van der Waals surface area contributed by atoms with Gasteiger partial charge in [-0.05, 0) is 20.8 Å². The summed E-state index contributed by atoms with van der Waals surface area (Å²) in [5.41, 5.74) is 2.50. The third-order valence-corrected chi connectivity index (χ3v) is 4.34. The number of piperazine rings is 1. The van der Waals surface area contributed by atoms with Crippen LogP contribution in [0.25, 0.3) is 0 Å². The van der Waals surface area contributed by atoms with Gasteiger partial charge in [-0.3, -0.25) is 9.58 Å². The molecule has 0 aliphatic carbocycles. The highest BCUT2D eigenvalue weighted by atomic mass is 15.4. The highest BCUT2D eigenvalue weighted by molar-refractivity contribution is 5.50. The second kappa shape index (κ2) is 6.79. The van der Waals surface area contributed by atoms with Gasteiger partial charge >= 0.3 is 0 Å². The zero-order valence-corrected chi connectivity index (χ0v) is 14.5. The van der Waals surface area contributed by atoms with E-state index in [1.165, 1.54) is 11.4 Å². The van der Waals surface area contributed by atoms with E-state index in [9.17, 15) is 0 Å². The number of rotatable bonds is 5. The first-order chi connectivity index (χ1) is 9.90. The summed E-state index contributed by atoms with van der Waals surface area (Å²) in [6.45, 7) is 16.4. The average Bonchev–Trinajstić information content (AvgIpc) is 2.70. The number of hydrogen-bond acceptors (Lipinski definition) is 4. The van der Waals surface area contributed by atoms with E-state index in [2.05, 4.69) is 66.6 Å². The minimum Gasteiger partial charge on any atom is -0.354 e. The monoisotopic (exact) mass is 293 g/mol. The fourth-order valence-electron chi connectivity index (χ4n) is 3.05. The Morgan fingerprint density at radius 1 is 1.10 bits per heavy atom. The minimum atomic E-state index is 0.496. The molecule has 0 radical (unpaired) electrons. The molecular weight excluding hydrogens is 262 g/mol. The minimum absolute atomic E-state index is 0.496. The van der Waals surface area contributed by atoms with Crippen molar-refractivity contribution in [1.29, 1.82) is 0 Å². The van der Waals surface area contributed by atoms with Crippen molar-refractivity contribution in [1.82, 2.24) is 20.0 Å². The molecule has 0 bridgehead atoms. The van der Waals surface area contributed by atoms with Crippen molar-refractivity contribution < 1.29 is 0 Å². The first-order valence-electron chi connectivity index (χ1n) is 8.15. The molecule has 1 fully saturated rings. The average molecular weight is 293 g/mol. The normalized spacial score (nSPS) is 17.2. The van der Waals surface area contributed by atoms with Crippen LogP contribution in [0.1, 0.15) is 39.0 Å². The van der Waals surface area contributed by atoms with Crippen LogP contribution in [0.4, 0.5) is 5.82 Å². The number of anilines is 1. The second-order valence-electron chi connectivity index (χ2n) is 6.66. The Morgan fingerprint density at radius 2 is 1.71 bits per heavy atom. The molecule has 0 atom stereocenters. The van der Waals surface area contributed by atoms with Crippen molar-refractivity contribution in [2.75, 3.05) is 31.1 Å². The van der Waals surface area contributed by atoms with E-state index in [0.29, 0.717) is 12.1 Å². The molecule has 1 aromatic heterocycles. The molecule has 2 rings (SSSR count). The van der Waals surface area contributed by atoms with Gasteiger partial charge in [0.15, 0.2) is 0 Å². The molecule has 0 saturated carbocycles. The van der Waals surface area contributed by atoms with E-state index >= 15 is 0 Å². The van der Waals surface area contributed by atoms with Crippen LogP contribution in [0.3, 0.4) is 0 Å². The molecule has 1 aromatic rings. The van der Waals surface area contributed by atoms with Crippen molar-refractivity contribution in [3.63, 3.8) is 0 Å².